The highest BCUT2D eigenvalue weighted by Crippen LogP contribution is 2.49. The third-order valence-corrected chi connectivity index (χ3v) is 9.67. The molecule has 0 radical (unpaired) electrons. The van der Waals surface area contributed by atoms with Gasteiger partial charge in [0, 0.05) is 65.9 Å². The van der Waals surface area contributed by atoms with Crippen molar-refractivity contribution in [2.45, 2.75) is 56.8 Å². The van der Waals surface area contributed by atoms with Gasteiger partial charge in [0.15, 0.2) is 5.65 Å². The fourth-order valence-electron chi connectivity index (χ4n) is 6.91. The molecular weight excluding hydrogens is 598 g/mol. The van der Waals surface area contributed by atoms with E-state index in [-0.39, 0.29) is 0 Å². The number of nitrogens with zero attached hydrogens (tertiary/aromatic N) is 7. The quantitative estimate of drug-likeness (QED) is 0.168. The maximum Gasteiger partial charge on any atom is 0.181 e. The van der Waals surface area contributed by atoms with Crippen molar-refractivity contribution >= 4 is 21.9 Å². The number of aromatic nitrogens is 7. The molecule has 0 unspecified atom stereocenters. The predicted octanol–water partition coefficient (Wildman–Crippen LogP) is 7.45. The summed E-state index contributed by atoms with van der Waals surface area (Å²) in [5, 5.41) is 22.7. The van der Waals surface area contributed by atoms with Crippen LogP contribution in [0.5, 0.6) is 5.75 Å². The Morgan fingerprint density at radius 1 is 0.833 bits per heavy atom. The number of aliphatic hydroxyl groups is 1. The molecule has 7 aromatic rings. The molecule has 9 rings (SSSR count). The summed E-state index contributed by atoms with van der Waals surface area (Å²) in [4.78, 5) is 10.5. The fourth-order valence-corrected chi connectivity index (χ4v) is 6.91. The van der Waals surface area contributed by atoms with Crippen molar-refractivity contribution in [2.75, 3.05) is 0 Å². The Hall–Kier alpha value is -5.28. The lowest BCUT2D eigenvalue weighted by Crippen LogP contribution is -2.09. The van der Waals surface area contributed by atoms with Crippen LogP contribution in [0, 0.1) is 0 Å². The van der Waals surface area contributed by atoms with Crippen LogP contribution in [0.2, 0.25) is 0 Å². The minimum absolute atomic E-state index is 0.336. The minimum atomic E-state index is -0.717. The molecule has 2 aliphatic carbocycles. The lowest BCUT2D eigenvalue weighted by molar-refractivity contribution is 0.151. The van der Waals surface area contributed by atoms with Crippen molar-refractivity contribution in [3.63, 3.8) is 0 Å². The molecule has 0 aliphatic heterocycles. The summed E-state index contributed by atoms with van der Waals surface area (Å²) in [6.07, 6.45) is 8.01. The summed E-state index contributed by atoms with van der Waals surface area (Å²) in [6.45, 7) is 0.840. The summed E-state index contributed by atoms with van der Waals surface area (Å²) < 4.78 is 11.9. The van der Waals surface area contributed by atoms with Gasteiger partial charge in [-0.15, -0.1) is 0 Å². The first-order valence-corrected chi connectivity index (χ1v) is 16.8. The first-order valence-electron chi connectivity index (χ1n) is 16.8. The number of hydrogen-bond donors (Lipinski definition) is 1. The van der Waals surface area contributed by atoms with Gasteiger partial charge in [-0.2, -0.15) is 10.2 Å². The molecule has 2 saturated carbocycles. The second-order valence-electron chi connectivity index (χ2n) is 13.4. The lowest BCUT2D eigenvalue weighted by Gasteiger charge is -2.12. The lowest BCUT2D eigenvalue weighted by atomic mass is 10.0. The normalized spacial score (nSPS) is 15.4. The molecule has 48 heavy (non-hydrogen) atoms. The van der Waals surface area contributed by atoms with E-state index in [1.807, 2.05) is 83.3 Å². The molecule has 2 aliphatic rings. The van der Waals surface area contributed by atoms with Gasteiger partial charge >= 0.3 is 0 Å². The zero-order chi connectivity index (χ0) is 32.4. The molecule has 0 bridgehead atoms. The third kappa shape index (κ3) is 5.34. The van der Waals surface area contributed by atoms with Gasteiger partial charge in [-0.05, 0) is 61.1 Å². The molecule has 1 atom stereocenters. The Labute approximate surface area is 278 Å². The molecule has 240 valence electrons. The SMILES string of the molecule is Cn1cc2cc(-c3nc(-c4cccc5nn(C[C@H](O)c6ccc(OCc7ccccc7)cc6)cc45)c(C4CC4)n3C)c(C3CC3)nc2n1. The van der Waals surface area contributed by atoms with E-state index in [9.17, 15) is 5.11 Å². The Kier molecular flexibility index (Phi) is 6.90. The highest BCUT2D eigenvalue weighted by Gasteiger charge is 2.35. The average molecular weight is 636 g/mol. The number of fused-ring (bicyclic) bond motifs is 2. The van der Waals surface area contributed by atoms with Crippen LogP contribution >= 0.6 is 0 Å². The van der Waals surface area contributed by atoms with Gasteiger partial charge in [0.2, 0.25) is 0 Å². The van der Waals surface area contributed by atoms with E-state index in [2.05, 4.69) is 41.1 Å². The molecule has 4 heterocycles. The standard InChI is InChI=1S/C39H37N7O2/c1-44-20-28-19-31(35(26-11-12-26)40-38(28)43-44)39-41-36(37(45(39)2)27-13-14-27)30-9-6-10-33-32(30)21-46(42-33)22-34(47)25-15-17-29(18-16-25)48-23-24-7-4-3-5-8-24/h3-10,15-21,26-27,34,47H,11-14,22-23H2,1-2H3/t34-/m0/s1. The number of ether oxygens (including phenoxy) is 1. The molecular formula is C39H37N7O2. The number of benzene rings is 3. The molecule has 3 aromatic carbocycles. The molecule has 0 spiro atoms. The van der Waals surface area contributed by atoms with E-state index in [1.165, 1.54) is 18.5 Å². The topological polar surface area (TPSA) is 95.8 Å². The van der Waals surface area contributed by atoms with Gasteiger partial charge in [0.05, 0.1) is 29.6 Å². The minimum Gasteiger partial charge on any atom is -0.489 e. The van der Waals surface area contributed by atoms with Crippen LogP contribution in [0.15, 0.2) is 91.3 Å². The summed E-state index contributed by atoms with van der Waals surface area (Å²) in [5.41, 5.74) is 9.19. The van der Waals surface area contributed by atoms with Crippen LogP contribution in [0.3, 0.4) is 0 Å². The number of rotatable bonds is 10. The highest BCUT2D eigenvalue weighted by molar-refractivity contribution is 5.95. The number of hydrogen-bond acceptors (Lipinski definition) is 6. The molecule has 9 heteroatoms. The summed E-state index contributed by atoms with van der Waals surface area (Å²) >= 11 is 0. The van der Waals surface area contributed by atoms with Crippen molar-refractivity contribution in [2.24, 2.45) is 14.1 Å². The predicted molar refractivity (Wildman–Crippen MR) is 186 cm³/mol. The van der Waals surface area contributed by atoms with Gasteiger partial charge in [0.25, 0.3) is 0 Å². The smallest absolute Gasteiger partial charge is 0.181 e. The largest absolute Gasteiger partial charge is 0.489 e. The van der Waals surface area contributed by atoms with Gasteiger partial charge < -0.3 is 14.4 Å². The number of pyridine rings is 1. The van der Waals surface area contributed by atoms with Gasteiger partial charge in [-0.1, -0.05) is 54.6 Å². The van der Waals surface area contributed by atoms with Crippen molar-refractivity contribution in [1.29, 1.82) is 0 Å². The second kappa shape index (κ2) is 11.5. The Morgan fingerprint density at radius 3 is 2.40 bits per heavy atom. The first-order chi connectivity index (χ1) is 23.5. The van der Waals surface area contributed by atoms with Crippen molar-refractivity contribution < 1.29 is 9.84 Å². The summed E-state index contributed by atoms with van der Waals surface area (Å²) in [6, 6.07) is 26.2. The van der Waals surface area contributed by atoms with E-state index in [1.54, 1.807) is 0 Å². The monoisotopic (exact) mass is 635 g/mol. The van der Waals surface area contributed by atoms with E-state index < -0.39 is 6.10 Å². The molecule has 9 nitrogen and oxygen atoms in total. The first kappa shape index (κ1) is 28.9. The van der Waals surface area contributed by atoms with E-state index in [0.29, 0.717) is 25.0 Å². The van der Waals surface area contributed by atoms with E-state index in [4.69, 9.17) is 19.8 Å². The van der Waals surface area contributed by atoms with Crippen molar-refractivity contribution in [3.05, 3.63) is 114 Å². The van der Waals surface area contributed by atoms with E-state index in [0.717, 1.165) is 80.0 Å². The average Bonchev–Trinajstić information content (AvgIpc) is 4.02. The van der Waals surface area contributed by atoms with Crippen LogP contribution in [0.25, 0.3) is 44.6 Å². The molecule has 4 aromatic heterocycles. The highest BCUT2D eigenvalue weighted by atomic mass is 16.5. The maximum absolute atomic E-state index is 11.2. The van der Waals surface area contributed by atoms with Gasteiger partial charge in [-0.3, -0.25) is 9.36 Å². The number of imidazole rings is 1. The third-order valence-electron chi connectivity index (χ3n) is 9.67. The van der Waals surface area contributed by atoms with Crippen molar-refractivity contribution in [3.8, 4) is 28.4 Å². The van der Waals surface area contributed by atoms with Crippen LogP contribution in [0.1, 0.15) is 66.1 Å². The van der Waals surface area contributed by atoms with Crippen molar-refractivity contribution in [1.82, 2.24) is 34.1 Å². The zero-order valence-corrected chi connectivity index (χ0v) is 27.1. The molecule has 1 N–H and O–H groups in total. The molecule has 0 saturated heterocycles. The van der Waals surface area contributed by atoms with Crippen LogP contribution in [0.4, 0.5) is 0 Å². The second-order valence-corrected chi connectivity index (χ2v) is 13.4. The Bertz CT molecular complexity index is 2280. The summed E-state index contributed by atoms with van der Waals surface area (Å²) in [5.74, 6) is 2.67. The van der Waals surface area contributed by atoms with Gasteiger partial charge in [0.1, 0.15) is 18.2 Å². The summed E-state index contributed by atoms with van der Waals surface area (Å²) in [7, 11) is 4.10. The number of aliphatic hydroxyl groups excluding tert-OH is 1. The van der Waals surface area contributed by atoms with Crippen LogP contribution in [-0.4, -0.2) is 39.2 Å². The maximum atomic E-state index is 11.2. The molecule has 0 amide bonds. The number of aryl methyl sites for hydroxylation is 1. The Balaban J connectivity index is 1.02. The van der Waals surface area contributed by atoms with Gasteiger partial charge in [-0.25, -0.2) is 9.97 Å². The molecule has 2 fully saturated rings. The Morgan fingerprint density at radius 2 is 1.62 bits per heavy atom. The van der Waals surface area contributed by atoms with E-state index >= 15 is 0 Å². The zero-order valence-electron chi connectivity index (χ0n) is 27.1. The van der Waals surface area contributed by atoms with Crippen LogP contribution < -0.4 is 4.74 Å². The fraction of sp³-hybridized carbons (Fsp3) is 0.282. The van der Waals surface area contributed by atoms with Crippen LogP contribution in [-0.2, 0) is 27.2 Å².